The van der Waals surface area contributed by atoms with Gasteiger partial charge in [0.25, 0.3) is 0 Å². The predicted octanol–water partition coefficient (Wildman–Crippen LogP) is 13.6. The summed E-state index contributed by atoms with van der Waals surface area (Å²) < 4.78 is 0. The Morgan fingerprint density at radius 3 is 0.907 bits per heavy atom. The zero-order valence-electron chi connectivity index (χ0n) is 32.0. The number of nitrogens with zero attached hydrogens (tertiary/aromatic N) is 6. The Bertz CT molecular complexity index is 1980. The third-order valence-corrected chi connectivity index (χ3v) is 8.75. The number of halogens is 4. The van der Waals surface area contributed by atoms with Crippen molar-refractivity contribution in [3.8, 4) is 0 Å². The van der Waals surface area contributed by atoms with E-state index in [9.17, 15) is 0 Å². The average molecular weight is 886 g/mol. The fraction of sp³-hybridized carbons (Fsp3) is 0.238. The van der Waals surface area contributed by atoms with Gasteiger partial charge in [0.15, 0.2) is 0 Å². The van der Waals surface area contributed by atoms with Crippen LogP contribution in [-0.2, 0) is 26.3 Å². The quantitative estimate of drug-likeness (QED) is 0.115. The van der Waals surface area contributed by atoms with Crippen molar-refractivity contribution in [3.05, 3.63) is 141 Å². The van der Waals surface area contributed by atoms with Gasteiger partial charge in [-0.05, 0) is 140 Å². The van der Waals surface area contributed by atoms with E-state index in [1.807, 2.05) is 88.4 Å². The first-order chi connectivity index (χ1) is 25.7. The van der Waals surface area contributed by atoms with Crippen LogP contribution in [0.15, 0.2) is 105 Å². The molecule has 0 amide bonds. The number of rotatable bonds is 8. The Hall–Kier alpha value is -3.16. The van der Waals surface area contributed by atoms with Crippen molar-refractivity contribution < 1.29 is 26.3 Å². The van der Waals surface area contributed by atoms with Crippen LogP contribution < -0.4 is 0 Å². The van der Waals surface area contributed by atoms with E-state index in [2.05, 4.69) is 65.8 Å². The predicted molar refractivity (Wildman–Crippen MR) is 227 cm³/mol. The van der Waals surface area contributed by atoms with E-state index in [0.717, 1.165) is 90.6 Å². The van der Waals surface area contributed by atoms with Crippen LogP contribution in [-0.4, -0.2) is 32.8 Å². The molecule has 0 unspecified atom stereocenters. The number of hydrogen-bond donors (Lipinski definition) is 0. The molecule has 0 aliphatic carbocycles. The molecule has 5 rings (SSSR count). The van der Waals surface area contributed by atoms with Crippen molar-refractivity contribution in [1.82, 2.24) is 9.97 Å². The summed E-state index contributed by atoms with van der Waals surface area (Å²) in [6.07, 6.45) is 0. The van der Waals surface area contributed by atoms with Crippen molar-refractivity contribution >= 4 is 86.0 Å². The molecule has 286 valence electrons. The van der Waals surface area contributed by atoms with E-state index in [0.29, 0.717) is 0 Å². The first-order valence-electron chi connectivity index (χ1n) is 16.8. The number of hydrogen-bond acceptors (Lipinski definition) is 6. The minimum absolute atomic E-state index is 0.194. The van der Waals surface area contributed by atoms with E-state index in [4.69, 9.17) is 70.3 Å². The second kappa shape index (κ2) is 22.4. The van der Waals surface area contributed by atoms with Crippen molar-refractivity contribution in [1.29, 1.82) is 0 Å². The van der Waals surface area contributed by atoms with Crippen LogP contribution in [0.4, 0.5) is 22.7 Å². The Balaban J connectivity index is 0.00000122. The van der Waals surface area contributed by atoms with Crippen LogP contribution in [0.2, 0.25) is 0 Å². The Morgan fingerprint density at radius 2 is 0.648 bits per heavy atom. The van der Waals surface area contributed by atoms with Gasteiger partial charge in [-0.2, -0.15) is 0 Å². The molecule has 0 radical (unpaired) electrons. The van der Waals surface area contributed by atoms with E-state index in [1.165, 1.54) is 11.1 Å². The van der Waals surface area contributed by atoms with Crippen molar-refractivity contribution in [2.24, 2.45) is 20.0 Å². The van der Waals surface area contributed by atoms with Crippen molar-refractivity contribution in [2.75, 3.05) is 0 Å². The Morgan fingerprint density at radius 1 is 0.407 bits per heavy atom. The van der Waals surface area contributed by atoms with Crippen molar-refractivity contribution in [2.45, 2.75) is 69.2 Å². The molecule has 12 heteroatoms. The molecule has 54 heavy (non-hydrogen) atoms. The Labute approximate surface area is 349 Å². The summed E-state index contributed by atoms with van der Waals surface area (Å²) in [7, 11) is 19.1. The number of aromatic nitrogens is 2. The average Bonchev–Trinajstić information content (AvgIpc) is 3.16. The SMILES string of the molecule is CC(=Nc1ccc(C)cc1)c1cccc(C(C)=Nc2c(C)c(C)c(N=C(C)c3cccc(C(C)=Nc4ccc(C)cc4)n3)c(C)c2C)n1.[Cl][Fe][Cl].[Cl][Fe][Cl]. The summed E-state index contributed by atoms with van der Waals surface area (Å²) in [5.41, 5.74) is 17.3. The maximum absolute atomic E-state index is 5.13. The van der Waals surface area contributed by atoms with Crippen LogP contribution in [0.3, 0.4) is 0 Å². The molecular formula is C42H44Cl4Fe2N6. The van der Waals surface area contributed by atoms with Gasteiger partial charge >= 0.3 is 66.7 Å². The van der Waals surface area contributed by atoms with E-state index < -0.39 is 0 Å². The van der Waals surface area contributed by atoms with Gasteiger partial charge in [-0.15, -0.1) is 0 Å². The minimum atomic E-state index is 0.194. The summed E-state index contributed by atoms with van der Waals surface area (Å²) >= 11 is 0.389. The van der Waals surface area contributed by atoms with Gasteiger partial charge in [-0.25, -0.2) is 9.97 Å². The van der Waals surface area contributed by atoms with Crippen LogP contribution in [0.25, 0.3) is 0 Å². The molecule has 6 nitrogen and oxygen atoms in total. The molecule has 3 aromatic carbocycles. The molecule has 0 atom stereocenters. The number of benzene rings is 3. The molecule has 5 aromatic rings. The van der Waals surface area contributed by atoms with Gasteiger partial charge in [-0.1, -0.05) is 47.5 Å². The molecule has 0 N–H and O–H groups in total. The van der Waals surface area contributed by atoms with Gasteiger partial charge in [0.05, 0.1) is 68.4 Å². The normalized spacial score (nSPS) is 12.3. The number of aryl methyl sites for hydroxylation is 2. The molecule has 0 saturated carbocycles. The number of pyridine rings is 2. The molecule has 2 heterocycles. The Kier molecular flexibility index (Phi) is 18.8. The van der Waals surface area contributed by atoms with Gasteiger partial charge in [0.2, 0.25) is 0 Å². The van der Waals surface area contributed by atoms with Crippen LogP contribution in [0, 0.1) is 41.5 Å². The van der Waals surface area contributed by atoms with Gasteiger partial charge in [0, 0.05) is 0 Å². The third-order valence-electron chi connectivity index (χ3n) is 8.75. The standard InChI is InChI=1S/C42H44N6.4ClH.2Fe/c1-25-17-21-35(22-18-25)43-31(7)37-13-11-15-39(47-37)33(9)45-41-27(3)29(5)42(30(6)28(41)4)46-34(10)40-16-12-14-38(48-40)32(8)44-36-23-19-26(2)20-24-36;;;;;;/h11-24H,1-10H3;4*1H;;/q;;;;;2*+2/p-4. The first-order valence-corrected chi connectivity index (χ1v) is 22.9. The maximum atomic E-state index is 5.13. The van der Waals surface area contributed by atoms with E-state index >= 15 is 0 Å². The summed E-state index contributed by atoms with van der Waals surface area (Å²) in [4.78, 5) is 29.7. The summed E-state index contributed by atoms with van der Waals surface area (Å²) in [5.74, 6) is 0. The molecule has 0 saturated heterocycles. The first kappa shape index (κ1) is 45.2. The fourth-order valence-electron chi connectivity index (χ4n) is 5.47. The molecule has 0 spiro atoms. The van der Waals surface area contributed by atoms with Crippen molar-refractivity contribution in [3.63, 3.8) is 0 Å². The third kappa shape index (κ3) is 13.0. The summed E-state index contributed by atoms with van der Waals surface area (Å²) in [6, 6.07) is 28.4. The fourth-order valence-corrected chi connectivity index (χ4v) is 5.47. The second-order valence-electron chi connectivity index (χ2n) is 12.6. The van der Waals surface area contributed by atoms with Gasteiger partial charge in [-0.3, -0.25) is 20.0 Å². The molecule has 0 bridgehead atoms. The number of aliphatic imine (C=N–C) groups is 4. The topological polar surface area (TPSA) is 75.2 Å². The summed E-state index contributed by atoms with van der Waals surface area (Å²) in [6.45, 7) is 20.6. The zero-order valence-corrected chi connectivity index (χ0v) is 37.2. The van der Waals surface area contributed by atoms with Crippen LogP contribution in [0.5, 0.6) is 0 Å². The van der Waals surface area contributed by atoms with Crippen LogP contribution in [0.1, 0.15) is 83.9 Å². The van der Waals surface area contributed by atoms with Crippen LogP contribution >= 0.6 is 40.4 Å². The second-order valence-corrected chi connectivity index (χ2v) is 16.2. The van der Waals surface area contributed by atoms with E-state index in [-0.39, 0.29) is 26.3 Å². The molecule has 0 aliphatic rings. The van der Waals surface area contributed by atoms with E-state index in [1.54, 1.807) is 0 Å². The monoisotopic (exact) mass is 884 g/mol. The van der Waals surface area contributed by atoms with Gasteiger partial charge < -0.3 is 0 Å². The molecule has 2 aromatic heterocycles. The molecule has 0 fully saturated rings. The van der Waals surface area contributed by atoms with Gasteiger partial charge in [0.1, 0.15) is 0 Å². The zero-order chi connectivity index (χ0) is 39.9. The molecular weight excluding hydrogens is 842 g/mol. The summed E-state index contributed by atoms with van der Waals surface area (Å²) in [5, 5.41) is 0. The molecule has 0 aliphatic heterocycles.